The minimum Gasteiger partial charge on any atom is -0.427 e. The Morgan fingerprint density at radius 3 is 2.00 bits per heavy atom. The molecular weight excluding hydrogens is 260 g/mol. The molecule has 0 aliphatic carbocycles. The number of carbonyl (C=O) groups is 1. The Bertz CT molecular complexity index is 568. The van der Waals surface area contributed by atoms with Crippen molar-refractivity contribution in [2.24, 2.45) is 0 Å². The van der Waals surface area contributed by atoms with Crippen LogP contribution in [-0.2, 0) is 11.2 Å². The zero-order valence-electron chi connectivity index (χ0n) is 12.8. The van der Waals surface area contributed by atoms with Gasteiger partial charge in [-0.1, -0.05) is 56.2 Å². The number of rotatable bonds is 6. The number of hydrogen-bond acceptors (Lipinski definition) is 2. The number of carbonyl (C=O) groups excluding carboxylic acids is 1. The molecule has 0 aromatic heterocycles. The molecule has 0 aliphatic heterocycles. The second-order valence-corrected chi connectivity index (χ2v) is 5.27. The molecule has 0 aliphatic rings. The van der Waals surface area contributed by atoms with E-state index in [2.05, 4.69) is 31.2 Å². The first-order valence-electron chi connectivity index (χ1n) is 7.57. The molecule has 0 spiro atoms. The van der Waals surface area contributed by atoms with Crippen LogP contribution in [0.3, 0.4) is 0 Å². The van der Waals surface area contributed by atoms with E-state index in [1.54, 1.807) is 0 Å². The van der Waals surface area contributed by atoms with Crippen LogP contribution in [0.4, 0.5) is 0 Å². The van der Waals surface area contributed by atoms with Crippen LogP contribution in [0.1, 0.15) is 38.7 Å². The van der Waals surface area contributed by atoms with Gasteiger partial charge in [-0.15, -0.1) is 0 Å². The summed E-state index contributed by atoms with van der Waals surface area (Å²) in [6.45, 7) is 3.63. The van der Waals surface area contributed by atoms with Crippen LogP contribution in [-0.4, -0.2) is 5.97 Å². The molecule has 2 rings (SSSR count). The minimum absolute atomic E-state index is 0.292. The van der Waals surface area contributed by atoms with E-state index in [0.717, 1.165) is 12.0 Å². The van der Waals surface area contributed by atoms with E-state index in [9.17, 15) is 4.79 Å². The number of hydrogen-bond donors (Lipinski definition) is 0. The minimum atomic E-state index is -0.292. The number of ether oxygens (including phenoxy) is 1. The van der Waals surface area contributed by atoms with Gasteiger partial charge in [0.05, 0.1) is 0 Å². The van der Waals surface area contributed by atoms with Gasteiger partial charge in [0, 0.05) is 6.92 Å². The average Bonchev–Trinajstić information content (AvgIpc) is 2.49. The molecule has 0 saturated carbocycles. The smallest absolute Gasteiger partial charge is 0.308 e. The van der Waals surface area contributed by atoms with E-state index in [4.69, 9.17) is 4.74 Å². The third kappa shape index (κ3) is 4.75. The van der Waals surface area contributed by atoms with Crippen LogP contribution in [0.2, 0.25) is 0 Å². The van der Waals surface area contributed by atoms with Crippen LogP contribution in [0.25, 0.3) is 11.1 Å². The van der Waals surface area contributed by atoms with Gasteiger partial charge in [-0.05, 0) is 41.7 Å². The summed E-state index contributed by atoms with van der Waals surface area (Å²) >= 11 is 0. The Balaban J connectivity index is 2.02. The maximum absolute atomic E-state index is 10.9. The second kappa shape index (κ2) is 7.63. The average molecular weight is 282 g/mol. The summed E-state index contributed by atoms with van der Waals surface area (Å²) in [5.41, 5.74) is 3.71. The summed E-state index contributed by atoms with van der Waals surface area (Å²) in [4.78, 5) is 10.9. The van der Waals surface area contributed by atoms with Crippen LogP contribution in [0.15, 0.2) is 48.5 Å². The van der Waals surface area contributed by atoms with Gasteiger partial charge in [0.1, 0.15) is 5.75 Å². The van der Waals surface area contributed by atoms with Gasteiger partial charge in [-0.2, -0.15) is 0 Å². The fourth-order valence-corrected chi connectivity index (χ4v) is 2.32. The van der Waals surface area contributed by atoms with E-state index in [0.29, 0.717) is 5.75 Å². The number of unbranched alkanes of at least 4 members (excludes halogenated alkanes) is 2. The zero-order chi connectivity index (χ0) is 15.1. The van der Waals surface area contributed by atoms with E-state index in [1.807, 2.05) is 24.3 Å². The molecule has 0 saturated heterocycles. The lowest BCUT2D eigenvalue weighted by molar-refractivity contribution is -0.131. The first-order chi connectivity index (χ1) is 10.2. The molecule has 0 amide bonds. The zero-order valence-corrected chi connectivity index (χ0v) is 12.8. The number of aryl methyl sites for hydroxylation is 1. The van der Waals surface area contributed by atoms with Crippen molar-refractivity contribution < 1.29 is 9.53 Å². The lowest BCUT2D eigenvalue weighted by atomic mass is 10.0. The van der Waals surface area contributed by atoms with Gasteiger partial charge in [-0.3, -0.25) is 4.79 Å². The van der Waals surface area contributed by atoms with Gasteiger partial charge < -0.3 is 4.74 Å². The summed E-state index contributed by atoms with van der Waals surface area (Å²) in [7, 11) is 0. The lowest BCUT2D eigenvalue weighted by Gasteiger charge is -2.06. The van der Waals surface area contributed by atoms with Gasteiger partial charge in [0.25, 0.3) is 0 Å². The highest BCUT2D eigenvalue weighted by Crippen LogP contribution is 2.23. The quantitative estimate of drug-likeness (QED) is 0.423. The maximum Gasteiger partial charge on any atom is 0.308 e. The molecule has 0 unspecified atom stereocenters. The Kier molecular flexibility index (Phi) is 5.56. The van der Waals surface area contributed by atoms with Gasteiger partial charge >= 0.3 is 5.97 Å². The first kappa shape index (κ1) is 15.3. The Morgan fingerprint density at radius 2 is 1.48 bits per heavy atom. The van der Waals surface area contributed by atoms with Crippen molar-refractivity contribution in [2.75, 3.05) is 0 Å². The molecule has 21 heavy (non-hydrogen) atoms. The van der Waals surface area contributed by atoms with Crippen LogP contribution in [0.5, 0.6) is 5.75 Å². The van der Waals surface area contributed by atoms with Gasteiger partial charge in [-0.25, -0.2) is 0 Å². The highest BCUT2D eigenvalue weighted by molar-refractivity contribution is 5.70. The Hall–Kier alpha value is -2.09. The van der Waals surface area contributed by atoms with Crippen molar-refractivity contribution in [3.8, 4) is 16.9 Å². The van der Waals surface area contributed by atoms with Crippen molar-refractivity contribution >= 4 is 5.97 Å². The molecular formula is C19H22O2. The highest BCUT2D eigenvalue weighted by Gasteiger charge is 2.01. The van der Waals surface area contributed by atoms with Gasteiger partial charge in [0.2, 0.25) is 0 Å². The largest absolute Gasteiger partial charge is 0.427 e. The van der Waals surface area contributed by atoms with Crippen LogP contribution >= 0.6 is 0 Å². The van der Waals surface area contributed by atoms with E-state index >= 15 is 0 Å². The normalized spacial score (nSPS) is 10.4. The van der Waals surface area contributed by atoms with E-state index < -0.39 is 0 Å². The summed E-state index contributed by atoms with van der Waals surface area (Å²) in [5.74, 6) is 0.293. The van der Waals surface area contributed by atoms with Crippen LogP contribution < -0.4 is 4.74 Å². The molecule has 0 fully saturated rings. The molecule has 2 nitrogen and oxygen atoms in total. The molecule has 2 aromatic rings. The lowest BCUT2D eigenvalue weighted by Crippen LogP contribution is -2.00. The van der Waals surface area contributed by atoms with Crippen molar-refractivity contribution in [2.45, 2.75) is 39.5 Å². The summed E-state index contributed by atoms with van der Waals surface area (Å²) in [6.07, 6.45) is 4.96. The monoisotopic (exact) mass is 282 g/mol. The van der Waals surface area contributed by atoms with Crippen molar-refractivity contribution in [3.63, 3.8) is 0 Å². The molecule has 0 N–H and O–H groups in total. The second-order valence-electron chi connectivity index (χ2n) is 5.27. The number of benzene rings is 2. The Morgan fingerprint density at radius 1 is 0.905 bits per heavy atom. The third-order valence-corrected chi connectivity index (χ3v) is 3.47. The molecule has 0 atom stereocenters. The van der Waals surface area contributed by atoms with E-state index in [-0.39, 0.29) is 5.97 Å². The van der Waals surface area contributed by atoms with Crippen molar-refractivity contribution in [1.29, 1.82) is 0 Å². The highest BCUT2D eigenvalue weighted by atomic mass is 16.5. The van der Waals surface area contributed by atoms with E-state index in [1.165, 1.54) is 37.3 Å². The topological polar surface area (TPSA) is 26.3 Å². The fraction of sp³-hybridized carbons (Fsp3) is 0.316. The summed E-state index contributed by atoms with van der Waals surface area (Å²) < 4.78 is 5.04. The predicted octanol–water partition coefficient (Wildman–Crippen LogP) is 5.01. The summed E-state index contributed by atoms with van der Waals surface area (Å²) in [5, 5.41) is 0. The van der Waals surface area contributed by atoms with Crippen LogP contribution in [0, 0.1) is 0 Å². The maximum atomic E-state index is 10.9. The third-order valence-electron chi connectivity index (χ3n) is 3.47. The SMILES string of the molecule is CCCCCc1ccc(-c2ccc(OC(C)=O)cc2)cc1. The number of esters is 1. The summed E-state index contributed by atoms with van der Waals surface area (Å²) in [6, 6.07) is 16.3. The van der Waals surface area contributed by atoms with Crippen molar-refractivity contribution in [1.82, 2.24) is 0 Å². The molecule has 0 radical (unpaired) electrons. The molecule has 0 bridgehead atoms. The molecule has 2 heteroatoms. The molecule has 110 valence electrons. The first-order valence-corrected chi connectivity index (χ1v) is 7.57. The Labute approximate surface area is 126 Å². The van der Waals surface area contributed by atoms with Gasteiger partial charge in [0.15, 0.2) is 0 Å². The molecule has 2 aromatic carbocycles. The standard InChI is InChI=1S/C19H22O2/c1-3-4-5-6-16-7-9-17(10-8-16)18-11-13-19(14-12-18)21-15(2)20/h7-14H,3-6H2,1-2H3. The predicted molar refractivity (Wildman–Crippen MR) is 86.4 cm³/mol. The van der Waals surface area contributed by atoms with Crippen molar-refractivity contribution in [3.05, 3.63) is 54.1 Å². The fourth-order valence-electron chi connectivity index (χ4n) is 2.32. The molecule has 0 heterocycles.